The van der Waals surface area contributed by atoms with Crippen molar-refractivity contribution >= 4 is 11.8 Å². The Morgan fingerprint density at radius 1 is 1.39 bits per heavy atom. The molecule has 1 aliphatic heterocycles. The second-order valence-corrected chi connectivity index (χ2v) is 3.70. The Kier molecular flexibility index (Phi) is 2.12. The van der Waals surface area contributed by atoms with Crippen LogP contribution < -0.4 is 15.2 Å². The van der Waals surface area contributed by atoms with Gasteiger partial charge in [-0.05, 0) is 12.1 Å². The number of carbonyl (C=O) groups is 1. The first-order chi connectivity index (χ1) is 8.66. The topological polar surface area (TPSA) is 99.6 Å². The van der Waals surface area contributed by atoms with Gasteiger partial charge in [0, 0.05) is 6.07 Å². The monoisotopic (exact) mass is 247 g/mol. The maximum Gasteiger partial charge on any atom is 0.341 e. The van der Waals surface area contributed by atoms with E-state index in [9.17, 15) is 4.79 Å². The molecule has 1 aromatic heterocycles. The molecular formula is C11H9N3O4. The van der Waals surface area contributed by atoms with Gasteiger partial charge in [-0.1, -0.05) is 0 Å². The lowest BCUT2D eigenvalue weighted by Gasteiger charge is -2.05. The molecule has 0 unspecified atom stereocenters. The van der Waals surface area contributed by atoms with E-state index in [4.69, 9.17) is 20.3 Å². The second kappa shape index (κ2) is 3.66. The average Bonchev–Trinajstić information content (AvgIpc) is 2.93. The fourth-order valence-electron chi connectivity index (χ4n) is 1.75. The lowest BCUT2D eigenvalue weighted by molar-refractivity contribution is 0.0698. The molecule has 0 radical (unpaired) electrons. The van der Waals surface area contributed by atoms with E-state index < -0.39 is 5.97 Å². The zero-order chi connectivity index (χ0) is 12.7. The van der Waals surface area contributed by atoms with Crippen LogP contribution in [0.4, 0.5) is 5.82 Å². The molecule has 2 aromatic rings. The minimum atomic E-state index is -1.11. The fraction of sp³-hybridized carbons (Fsp3) is 0.0909. The van der Waals surface area contributed by atoms with Crippen LogP contribution in [-0.2, 0) is 0 Å². The number of nitrogens with zero attached hydrogens (tertiary/aromatic N) is 2. The summed E-state index contributed by atoms with van der Waals surface area (Å²) in [5.41, 5.74) is 6.31. The molecule has 1 aliphatic rings. The Hall–Kier alpha value is -2.70. The predicted molar refractivity (Wildman–Crippen MR) is 61.1 cm³/mol. The molecule has 7 nitrogen and oxygen atoms in total. The van der Waals surface area contributed by atoms with Crippen molar-refractivity contribution in [1.29, 1.82) is 0 Å². The van der Waals surface area contributed by atoms with Crippen molar-refractivity contribution < 1.29 is 19.4 Å². The number of nitrogen functional groups attached to an aromatic ring is 1. The predicted octanol–water partition coefficient (Wildman–Crippen LogP) is 0.881. The highest BCUT2D eigenvalue weighted by Gasteiger charge is 2.18. The molecule has 0 spiro atoms. The zero-order valence-corrected chi connectivity index (χ0v) is 9.16. The summed E-state index contributed by atoms with van der Waals surface area (Å²) in [5, 5.41) is 12.8. The van der Waals surface area contributed by atoms with E-state index in [0.717, 1.165) is 0 Å². The number of ether oxygens (including phenoxy) is 2. The van der Waals surface area contributed by atoms with Crippen molar-refractivity contribution in [2.45, 2.75) is 0 Å². The molecule has 7 heteroatoms. The Balaban J connectivity index is 2.07. The first-order valence-corrected chi connectivity index (χ1v) is 5.13. The van der Waals surface area contributed by atoms with Crippen molar-refractivity contribution in [3.63, 3.8) is 0 Å². The lowest BCUT2D eigenvalue weighted by Crippen LogP contribution is -2.05. The van der Waals surface area contributed by atoms with Gasteiger partial charge in [0.05, 0.1) is 11.9 Å². The minimum Gasteiger partial charge on any atom is -0.477 e. The van der Waals surface area contributed by atoms with Crippen LogP contribution in [0.5, 0.6) is 11.5 Å². The van der Waals surface area contributed by atoms with Gasteiger partial charge in [0.25, 0.3) is 0 Å². The minimum absolute atomic E-state index is 0.0346. The highest BCUT2D eigenvalue weighted by molar-refractivity contribution is 5.92. The standard InChI is InChI=1S/C11H9N3O4/c12-10-7(11(15)16)4-13-14(10)6-1-2-8-9(3-6)18-5-17-8/h1-4H,5,12H2,(H,15,16). The number of aromatic carboxylic acids is 1. The van der Waals surface area contributed by atoms with Gasteiger partial charge in [0.1, 0.15) is 11.4 Å². The maximum absolute atomic E-state index is 10.9. The summed E-state index contributed by atoms with van der Waals surface area (Å²) in [6.07, 6.45) is 1.21. The van der Waals surface area contributed by atoms with E-state index in [2.05, 4.69) is 5.10 Å². The quantitative estimate of drug-likeness (QED) is 0.817. The maximum atomic E-state index is 10.9. The van der Waals surface area contributed by atoms with Gasteiger partial charge >= 0.3 is 5.97 Å². The number of nitrogens with two attached hydrogens (primary N) is 1. The van der Waals surface area contributed by atoms with E-state index in [-0.39, 0.29) is 18.2 Å². The Morgan fingerprint density at radius 2 is 2.17 bits per heavy atom. The summed E-state index contributed by atoms with van der Waals surface area (Å²) in [5.74, 6) is 0.183. The average molecular weight is 247 g/mol. The van der Waals surface area contributed by atoms with Gasteiger partial charge in [-0.2, -0.15) is 5.10 Å². The summed E-state index contributed by atoms with van der Waals surface area (Å²) in [7, 11) is 0. The molecule has 0 bridgehead atoms. The normalized spacial score (nSPS) is 12.7. The van der Waals surface area contributed by atoms with Crippen molar-refractivity contribution in [2.75, 3.05) is 12.5 Å². The molecule has 0 saturated heterocycles. The molecule has 92 valence electrons. The number of benzene rings is 1. The molecular weight excluding hydrogens is 238 g/mol. The Bertz CT molecular complexity index is 635. The highest BCUT2D eigenvalue weighted by atomic mass is 16.7. The third kappa shape index (κ3) is 1.45. The number of rotatable bonds is 2. The van der Waals surface area contributed by atoms with Crippen LogP contribution in [0.25, 0.3) is 5.69 Å². The summed E-state index contributed by atoms with van der Waals surface area (Å²) < 4.78 is 11.8. The van der Waals surface area contributed by atoms with E-state index in [1.54, 1.807) is 18.2 Å². The number of carboxylic acids is 1. The first-order valence-electron chi connectivity index (χ1n) is 5.13. The van der Waals surface area contributed by atoms with E-state index in [1.165, 1.54) is 10.9 Å². The number of carboxylic acid groups (broad SMARTS) is 1. The van der Waals surface area contributed by atoms with Crippen molar-refractivity contribution in [3.8, 4) is 17.2 Å². The lowest BCUT2D eigenvalue weighted by atomic mass is 10.2. The molecule has 2 heterocycles. The molecule has 3 rings (SSSR count). The van der Waals surface area contributed by atoms with Gasteiger partial charge in [0.15, 0.2) is 11.5 Å². The molecule has 1 aromatic carbocycles. The van der Waals surface area contributed by atoms with Gasteiger partial charge in [0.2, 0.25) is 6.79 Å². The number of fused-ring (bicyclic) bond motifs is 1. The molecule has 3 N–H and O–H groups in total. The van der Waals surface area contributed by atoms with Crippen molar-refractivity contribution in [2.24, 2.45) is 0 Å². The molecule has 0 amide bonds. The van der Waals surface area contributed by atoms with Crippen LogP contribution in [0.2, 0.25) is 0 Å². The molecule has 18 heavy (non-hydrogen) atoms. The van der Waals surface area contributed by atoms with E-state index in [1.807, 2.05) is 0 Å². The molecule has 0 fully saturated rings. The SMILES string of the molecule is Nc1c(C(=O)O)cnn1-c1ccc2c(c1)OCO2. The van der Waals surface area contributed by atoms with E-state index >= 15 is 0 Å². The number of hydrogen-bond donors (Lipinski definition) is 2. The first kappa shape index (κ1) is 10.5. The van der Waals surface area contributed by atoms with Gasteiger partial charge in [-0.25, -0.2) is 9.48 Å². The van der Waals surface area contributed by atoms with E-state index in [0.29, 0.717) is 17.2 Å². The molecule has 0 saturated carbocycles. The summed E-state index contributed by atoms with van der Waals surface area (Å²) >= 11 is 0. The van der Waals surface area contributed by atoms with Crippen LogP contribution in [-0.4, -0.2) is 27.6 Å². The van der Waals surface area contributed by atoms with Gasteiger partial charge in [-0.15, -0.1) is 0 Å². The largest absolute Gasteiger partial charge is 0.477 e. The van der Waals surface area contributed by atoms with Gasteiger partial charge in [-0.3, -0.25) is 0 Å². The van der Waals surface area contributed by atoms with Gasteiger partial charge < -0.3 is 20.3 Å². The van der Waals surface area contributed by atoms with Crippen molar-refractivity contribution in [3.05, 3.63) is 30.0 Å². The third-order valence-corrected chi connectivity index (χ3v) is 2.64. The van der Waals surface area contributed by atoms with Crippen LogP contribution >= 0.6 is 0 Å². The number of anilines is 1. The molecule has 0 aliphatic carbocycles. The number of aromatic nitrogens is 2. The van der Waals surface area contributed by atoms with Crippen LogP contribution in [0.15, 0.2) is 24.4 Å². The fourth-order valence-corrected chi connectivity index (χ4v) is 1.75. The summed E-state index contributed by atoms with van der Waals surface area (Å²) in [4.78, 5) is 10.9. The Morgan fingerprint density at radius 3 is 2.89 bits per heavy atom. The summed E-state index contributed by atoms with van der Waals surface area (Å²) in [6, 6.07) is 5.14. The van der Waals surface area contributed by atoms with Crippen LogP contribution in [0.3, 0.4) is 0 Å². The molecule has 0 atom stereocenters. The highest BCUT2D eigenvalue weighted by Crippen LogP contribution is 2.34. The smallest absolute Gasteiger partial charge is 0.341 e. The number of hydrogen-bond acceptors (Lipinski definition) is 5. The third-order valence-electron chi connectivity index (χ3n) is 2.64. The van der Waals surface area contributed by atoms with Crippen LogP contribution in [0, 0.1) is 0 Å². The van der Waals surface area contributed by atoms with Crippen molar-refractivity contribution in [1.82, 2.24) is 9.78 Å². The Labute approximate surface area is 101 Å². The summed E-state index contributed by atoms with van der Waals surface area (Å²) in [6.45, 7) is 0.174. The van der Waals surface area contributed by atoms with Crippen LogP contribution in [0.1, 0.15) is 10.4 Å². The second-order valence-electron chi connectivity index (χ2n) is 3.70. The zero-order valence-electron chi connectivity index (χ0n) is 9.16.